The number of rotatable bonds is 3. The lowest BCUT2D eigenvalue weighted by atomic mass is 10.1. The smallest absolute Gasteiger partial charge is 0.243 e. The van der Waals surface area contributed by atoms with Gasteiger partial charge in [0.1, 0.15) is 11.6 Å². The lowest BCUT2D eigenvalue weighted by molar-refractivity contribution is 0.614. The van der Waals surface area contributed by atoms with Gasteiger partial charge in [-0.25, -0.2) is 13.3 Å². The van der Waals surface area contributed by atoms with E-state index in [0.717, 1.165) is 5.56 Å². The Hall–Kier alpha value is -2.50. The highest BCUT2D eigenvalue weighted by Crippen LogP contribution is 2.18. The van der Waals surface area contributed by atoms with E-state index in [1.54, 1.807) is 12.1 Å². The summed E-state index contributed by atoms with van der Waals surface area (Å²) < 4.78 is 27.6. The molecule has 2 heterocycles. The van der Waals surface area contributed by atoms with Gasteiger partial charge in [0.25, 0.3) is 0 Å². The van der Waals surface area contributed by atoms with Gasteiger partial charge in [-0.15, -0.1) is 5.10 Å². The van der Waals surface area contributed by atoms with Crippen LogP contribution in [-0.2, 0) is 0 Å². The molecule has 6 heteroatoms. The third-order valence-electron chi connectivity index (χ3n) is 2.99. The number of halogens is 2. The molecule has 0 aliphatic heterocycles. The molecular formula is C14H12F2N4. The quantitative estimate of drug-likeness (QED) is 0.797. The number of benzene rings is 1. The van der Waals surface area contributed by atoms with Crippen molar-refractivity contribution in [3.63, 3.8) is 0 Å². The molecule has 3 aromatic rings. The summed E-state index contributed by atoms with van der Waals surface area (Å²) in [5, 5.41) is 7.18. The van der Waals surface area contributed by atoms with Crippen molar-refractivity contribution in [2.45, 2.75) is 13.0 Å². The van der Waals surface area contributed by atoms with E-state index in [4.69, 9.17) is 0 Å². The second-order valence-corrected chi connectivity index (χ2v) is 4.51. The van der Waals surface area contributed by atoms with Crippen molar-refractivity contribution < 1.29 is 8.78 Å². The zero-order chi connectivity index (χ0) is 14.1. The number of nitrogens with zero attached hydrogens (tertiary/aromatic N) is 3. The van der Waals surface area contributed by atoms with Crippen molar-refractivity contribution in [3.05, 3.63) is 59.8 Å². The van der Waals surface area contributed by atoms with E-state index in [1.165, 1.54) is 28.9 Å². The highest BCUT2D eigenvalue weighted by Gasteiger charge is 2.10. The Balaban J connectivity index is 1.85. The fraction of sp³-hybridized carbons (Fsp3) is 0.143. The number of fused-ring (bicyclic) bond motifs is 1. The number of anilines is 1. The van der Waals surface area contributed by atoms with Gasteiger partial charge in [-0.3, -0.25) is 0 Å². The summed E-state index contributed by atoms with van der Waals surface area (Å²) >= 11 is 0. The predicted octanol–water partition coefficient (Wildman–Crippen LogP) is 3.18. The van der Waals surface area contributed by atoms with Crippen LogP contribution in [0.2, 0.25) is 0 Å². The third kappa shape index (κ3) is 2.45. The summed E-state index contributed by atoms with van der Waals surface area (Å²) in [5.41, 5.74) is 1.33. The summed E-state index contributed by atoms with van der Waals surface area (Å²) in [4.78, 5) is 4.22. The summed E-state index contributed by atoms with van der Waals surface area (Å²) in [6.07, 6.45) is 1.25. The van der Waals surface area contributed by atoms with Gasteiger partial charge >= 0.3 is 0 Å². The molecule has 0 saturated carbocycles. The van der Waals surface area contributed by atoms with Gasteiger partial charge in [-0.1, -0.05) is 12.1 Å². The average molecular weight is 274 g/mol. The summed E-state index contributed by atoms with van der Waals surface area (Å²) in [6, 6.07) is 9.01. The fourth-order valence-corrected chi connectivity index (χ4v) is 1.97. The second kappa shape index (κ2) is 4.88. The van der Waals surface area contributed by atoms with Crippen molar-refractivity contribution in [1.29, 1.82) is 0 Å². The molecule has 0 bridgehead atoms. The number of aromatic nitrogens is 3. The Kier molecular flexibility index (Phi) is 3.06. The molecule has 1 unspecified atom stereocenters. The minimum absolute atomic E-state index is 0.159. The normalized spacial score (nSPS) is 12.6. The molecule has 1 aromatic carbocycles. The Morgan fingerprint density at radius 3 is 2.80 bits per heavy atom. The van der Waals surface area contributed by atoms with Crippen molar-refractivity contribution in [1.82, 2.24) is 14.6 Å². The Morgan fingerprint density at radius 1 is 1.15 bits per heavy atom. The van der Waals surface area contributed by atoms with Crippen LogP contribution in [0, 0.1) is 11.6 Å². The monoisotopic (exact) mass is 274 g/mol. The maximum atomic E-state index is 13.2. The van der Waals surface area contributed by atoms with Gasteiger partial charge in [0.2, 0.25) is 5.95 Å². The maximum absolute atomic E-state index is 13.2. The van der Waals surface area contributed by atoms with Crippen LogP contribution < -0.4 is 5.32 Å². The molecule has 1 N–H and O–H groups in total. The van der Waals surface area contributed by atoms with Crippen LogP contribution in [0.25, 0.3) is 5.65 Å². The molecule has 0 amide bonds. The number of hydrogen-bond acceptors (Lipinski definition) is 3. The molecule has 0 spiro atoms. The minimum atomic E-state index is -0.382. The fourth-order valence-electron chi connectivity index (χ4n) is 1.97. The molecule has 0 aliphatic rings. The van der Waals surface area contributed by atoms with E-state index < -0.39 is 0 Å². The van der Waals surface area contributed by atoms with Gasteiger partial charge in [-0.05, 0) is 36.8 Å². The predicted molar refractivity (Wildman–Crippen MR) is 71.4 cm³/mol. The SMILES string of the molecule is CC(Nc1nc2ccc(F)cn2n1)c1cccc(F)c1. The summed E-state index contributed by atoms with van der Waals surface area (Å²) in [7, 11) is 0. The van der Waals surface area contributed by atoms with Crippen molar-refractivity contribution in [2.75, 3.05) is 5.32 Å². The highest BCUT2D eigenvalue weighted by atomic mass is 19.1. The topological polar surface area (TPSA) is 42.2 Å². The Labute approximate surface area is 114 Å². The van der Waals surface area contributed by atoms with Crippen LogP contribution in [0.4, 0.5) is 14.7 Å². The molecule has 3 rings (SSSR count). The van der Waals surface area contributed by atoms with Crippen LogP contribution in [0.1, 0.15) is 18.5 Å². The first kappa shape index (κ1) is 12.5. The summed E-state index contributed by atoms with van der Waals surface area (Å²) in [5.74, 6) is -0.305. The Morgan fingerprint density at radius 2 is 2.00 bits per heavy atom. The molecule has 4 nitrogen and oxygen atoms in total. The molecule has 0 radical (unpaired) electrons. The van der Waals surface area contributed by atoms with Crippen LogP contribution in [0.5, 0.6) is 0 Å². The van der Waals surface area contributed by atoms with E-state index in [2.05, 4.69) is 15.4 Å². The van der Waals surface area contributed by atoms with Gasteiger partial charge in [0.05, 0.1) is 12.2 Å². The van der Waals surface area contributed by atoms with E-state index >= 15 is 0 Å². The Bertz CT molecular complexity index is 754. The van der Waals surface area contributed by atoms with Crippen molar-refractivity contribution >= 4 is 11.6 Å². The zero-order valence-electron chi connectivity index (χ0n) is 10.7. The first-order chi connectivity index (χ1) is 9.61. The standard InChI is InChI=1S/C14H12F2N4/c1-9(10-3-2-4-11(15)7-10)17-14-18-13-6-5-12(16)8-20(13)19-14/h2-9H,1H3,(H,17,19). The van der Waals surface area contributed by atoms with Crippen LogP contribution in [-0.4, -0.2) is 14.6 Å². The van der Waals surface area contributed by atoms with Gasteiger partial charge in [0.15, 0.2) is 5.65 Å². The second-order valence-electron chi connectivity index (χ2n) is 4.51. The average Bonchev–Trinajstić information content (AvgIpc) is 2.80. The largest absolute Gasteiger partial charge is 0.346 e. The highest BCUT2D eigenvalue weighted by molar-refractivity contribution is 5.44. The molecule has 102 valence electrons. The van der Waals surface area contributed by atoms with E-state index in [0.29, 0.717) is 11.6 Å². The van der Waals surface area contributed by atoms with E-state index in [-0.39, 0.29) is 17.7 Å². The van der Waals surface area contributed by atoms with Gasteiger partial charge in [-0.2, -0.15) is 4.98 Å². The van der Waals surface area contributed by atoms with Gasteiger partial charge in [0, 0.05) is 0 Å². The van der Waals surface area contributed by atoms with Crippen molar-refractivity contribution in [2.24, 2.45) is 0 Å². The number of hydrogen-bond donors (Lipinski definition) is 1. The maximum Gasteiger partial charge on any atom is 0.243 e. The van der Waals surface area contributed by atoms with E-state index in [1.807, 2.05) is 13.0 Å². The molecular weight excluding hydrogens is 262 g/mol. The first-order valence-corrected chi connectivity index (χ1v) is 6.16. The van der Waals surface area contributed by atoms with Crippen LogP contribution >= 0.6 is 0 Å². The third-order valence-corrected chi connectivity index (χ3v) is 2.99. The summed E-state index contributed by atoms with van der Waals surface area (Å²) in [6.45, 7) is 1.88. The number of pyridine rings is 1. The minimum Gasteiger partial charge on any atom is -0.346 e. The van der Waals surface area contributed by atoms with Crippen molar-refractivity contribution in [3.8, 4) is 0 Å². The molecule has 2 aromatic heterocycles. The number of nitrogens with one attached hydrogen (secondary N) is 1. The molecule has 0 fully saturated rings. The zero-order valence-corrected chi connectivity index (χ0v) is 10.7. The molecule has 1 atom stereocenters. The van der Waals surface area contributed by atoms with Crippen LogP contribution in [0.15, 0.2) is 42.6 Å². The van der Waals surface area contributed by atoms with Crippen LogP contribution in [0.3, 0.4) is 0 Å². The molecule has 20 heavy (non-hydrogen) atoms. The van der Waals surface area contributed by atoms with Gasteiger partial charge < -0.3 is 5.32 Å². The lowest BCUT2D eigenvalue weighted by Crippen LogP contribution is -2.08. The lowest BCUT2D eigenvalue weighted by Gasteiger charge is -2.12. The van der Waals surface area contributed by atoms with E-state index in [9.17, 15) is 8.78 Å². The molecule has 0 saturated heterocycles. The molecule has 0 aliphatic carbocycles. The first-order valence-electron chi connectivity index (χ1n) is 6.16.